The van der Waals surface area contributed by atoms with Crippen molar-refractivity contribution in [3.8, 4) is 11.3 Å². The monoisotopic (exact) mass is 241 g/mol. The van der Waals surface area contributed by atoms with Gasteiger partial charge in [0.1, 0.15) is 5.82 Å². The summed E-state index contributed by atoms with van der Waals surface area (Å²) in [6.07, 6.45) is 1.57. The highest BCUT2D eigenvalue weighted by atomic mass is 35.5. The van der Waals surface area contributed by atoms with E-state index in [9.17, 15) is 4.39 Å². The van der Waals surface area contributed by atoms with Crippen LogP contribution in [0.1, 0.15) is 0 Å². The first-order valence-electron chi connectivity index (χ1n) is 4.23. The van der Waals surface area contributed by atoms with Crippen LogP contribution in [-0.4, -0.2) is 4.98 Å². The Kier molecular flexibility index (Phi) is 2.89. The van der Waals surface area contributed by atoms with E-state index >= 15 is 0 Å². The van der Waals surface area contributed by atoms with Crippen LogP contribution in [0, 0.1) is 5.82 Å². The van der Waals surface area contributed by atoms with Crippen LogP contribution >= 0.6 is 23.2 Å². The van der Waals surface area contributed by atoms with Crippen molar-refractivity contribution < 1.29 is 4.39 Å². The number of rotatable bonds is 1. The van der Waals surface area contributed by atoms with Crippen LogP contribution in [0.5, 0.6) is 0 Å². The quantitative estimate of drug-likeness (QED) is 0.730. The van der Waals surface area contributed by atoms with E-state index in [1.54, 1.807) is 24.4 Å². The minimum atomic E-state index is -0.390. The smallest absolute Gasteiger partial charge is 0.125 e. The lowest BCUT2D eigenvalue weighted by atomic mass is 10.1. The van der Waals surface area contributed by atoms with Gasteiger partial charge >= 0.3 is 0 Å². The normalized spacial score (nSPS) is 10.3. The summed E-state index contributed by atoms with van der Waals surface area (Å²) in [5.74, 6) is -0.390. The third-order valence-corrected chi connectivity index (χ3v) is 2.33. The van der Waals surface area contributed by atoms with Crippen molar-refractivity contribution in [1.82, 2.24) is 4.98 Å². The fourth-order valence-corrected chi connectivity index (χ4v) is 1.65. The largest absolute Gasteiger partial charge is 0.256 e. The Morgan fingerprint density at radius 3 is 2.47 bits per heavy atom. The Morgan fingerprint density at radius 2 is 1.80 bits per heavy atom. The molecule has 0 aliphatic heterocycles. The molecule has 0 amide bonds. The second kappa shape index (κ2) is 4.17. The topological polar surface area (TPSA) is 12.9 Å². The number of aromatic nitrogens is 1. The number of pyridine rings is 1. The van der Waals surface area contributed by atoms with Gasteiger partial charge in [-0.2, -0.15) is 0 Å². The van der Waals surface area contributed by atoms with Crippen LogP contribution in [0.3, 0.4) is 0 Å². The highest BCUT2D eigenvalue weighted by Gasteiger charge is 2.03. The summed E-state index contributed by atoms with van der Waals surface area (Å²) in [7, 11) is 0. The van der Waals surface area contributed by atoms with E-state index in [1.165, 1.54) is 12.1 Å². The van der Waals surface area contributed by atoms with Gasteiger partial charge in [0, 0.05) is 21.8 Å². The first-order valence-corrected chi connectivity index (χ1v) is 4.99. The summed E-state index contributed by atoms with van der Waals surface area (Å²) in [6, 6.07) is 7.57. The van der Waals surface area contributed by atoms with E-state index in [2.05, 4.69) is 4.98 Å². The van der Waals surface area contributed by atoms with E-state index in [0.29, 0.717) is 21.3 Å². The van der Waals surface area contributed by atoms with E-state index in [4.69, 9.17) is 23.2 Å². The van der Waals surface area contributed by atoms with Crippen LogP contribution in [0.4, 0.5) is 4.39 Å². The molecule has 0 unspecified atom stereocenters. The van der Waals surface area contributed by atoms with Crippen LogP contribution < -0.4 is 0 Å². The van der Waals surface area contributed by atoms with Gasteiger partial charge in [0.2, 0.25) is 0 Å². The van der Waals surface area contributed by atoms with Crippen molar-refractivity contribution >= 4 is 23.2 Å². The molecule has 0 saturated carbocycles. The lowest BCUT2D eigenvalue weighted by Crippen LogP contribution is -1.84. The fraction of sp³-hybridized carbons (Fsp3) is 0. The Hall–Kier alpha value is -1.12. The Balaban J connectivity index is 2.54. The van der Waals surface area contributed by atoms with Gasteiger partial charge in [-0.05, 0) is 30.3 Å². The van der Waals surface area contributed by atoms with Crippen molar-refractivity contribution in [3.05, 3.63) is 52.4 Å². The summed E-state index contributed by atoms with van der Waals surface area (Å²) in [4.78, 5) is 4.08. The average Bonchev–Trinajstić information content (AvgIpc) is 2.16. The molecule has 1 aromatic heterocycles. The summed E-state index contributed by atoms with van der Waals surface area (Å²) in [6.45, 7) is 0. The van der Waals surface area contributed by atoms with E-state index in [1.807, 2.05) is 0 Å². The molecule has 0 atom stereocenters. The minimum Gasteiger partial charge on any atom is -0.256 e. The predicted molar refractivity (Wildman–Crippen MR) is 59.7 cm³/mol. The molecule has 0 aliphatic carbocycles. The minimum absolute atomic E-state index is 0.340. The van der Waals surface area contributed by atoms with Gasteiger partial charge in [0.25, 0.3) is 0 Å². The van der Waals surface area contributed by atoms with Crippen molar-refractivity contribution in [2.45, 2.75) is 0 Å². The van der Waals surface area contributed by atoms with Crippen molar-refractivity contribution in [1.29, 1.82) is 0 Å². The zero-order chi connectivity index (χ0) is 10.8. The molecule has 4 heteroatoms. The highest BCUT2D eigenvalue weighted by Crippen LogP contribution is 2.24. The maximum Gasteiger partial charge on any atom is 0.125 e. The maximum atomic E-state index is 13.1. The molecule has 15 heavy (non-hydrogen) atoms. The van der Waals surface area contributed by atoms with Gasteiger partial charge in [0.15, 0.2) is 0 Å². The second-order valence-corrected chi connectivity index (χ2v) is 3.89. The Labute approximate surface area is 96.5 Å². The summed E-state index contributed by atoms with van der Waals surface area (Å²) in [5, 5.41) is 0.896. The molecule has 2 rings (SSSR count). The molecular weight excluding hydrogens is 236 g/mol. The molecule has 1 nitrogen and oxygen atoms in total. The average molecular weight is 242 g/mol. The standard InChI is InChI=1S/C11H6Cl2FN/c12-8-1-2-15-11(6-8)7-3-9(13)5-10(14)4-7/h1-6H. The van der Waals surface area contributed by atoms with Gasteiger partial charge in [-0.1, -0.05) is 23.2 Å². The number of benzene rings is 1. The van der Waals surface area contributed by atoms with Gasteiger partial charge in [-0.3, -0.25) is 4.98 Å². The number of hydrogen-bond acceptors (Lipinski definition) is 1. The molecule has 0 radical (unpaired) electrons. The van der Waals surface area contributed by atoms with Crippen LogP contribution in [0.25, 0.3) is 11.3 Å². The molecule has 1 aromatic carbocycles. The van der Waals surface area contributed by atoms with Gasteiger partial charge in [0.05, 0.1) is 5.69 Å². The molecule has 0 spiro atoms. The lowest BCUT2D eigenvalue weighted by Gasteiger charge is -2.02. The highest BCUT2D eigenvalue weighted by molar-refractivity contribution is 6.31. The van der Waals surface area contributed by atoms with Crippen LogP contribution in [0.2, 0.25) is 10.0 Å². The molecule has 0 bridgehead atoms. The second-order valence-electron chi connectivity index (χ2n) is 3.02. The van der Waals surface area contributed by atoms with Gasteiger partial charge in [-0.15, -0.1) is 0 Å². The molecule has 0 aliphatic rings. The molecule has 0 fully saturated rings. The zero-order valence-electron chi connectivity index (χ0n) is 7.55. The van der Waals surface area contributed by atoms with Crippen LogP contribution in [0.15, 0.2) is 36.5 Å². The molecule has 0 N–H and O–H groups in total. The van der Waals surface area contributed by atoms with Crippen LogP contribution in [-0.2, 0) is 0 Å². The summed E-state index contributed by atoms with van der Waals surface area (Å²) >= 11 is 11.5. The number of nitrogens with zero attached hydrogens (tertiary/aromatic N) is 1. The summed E-state index contributed by atoms with van der Waals surface area (Å²) in [5.41, 5.74) is 1.21. The van der Waals surface area contributed by atoms with Crippen molar-refractivity contribution in [2.75, 3.05) is 0 Å². The first kappa shape index (κ1) is 10.4. The first-order chi connectivity index (χ1) is 7.15. The van der Waals surface area contributed by atoms with Crippen molar-refractivity contribution in [2.24, 2.45) is 0 Å². The Morgan fingerprint density at radius 1 is 1.00 bits per heavy atom. The molecule has 0 saturated heterocycles. The molecule has 1 heterocycles. The van der Waals surface area contributed by atoms with E-state index in [0.717, 1.165) is 0 Å². The maximum absolute atomic E-state index is 13.1. The SMILES string of the molecule is Fc1cc(Cl)cc(-c2cc(Cl)ccn2)c1. The van der Waals surface area contributed by atoms with E-state index < -0.39 is 0 Å². The van der Waals surface area contributed by atoms with E-state index in [-0.39, 0.29) is 5.82 Å². The van der Waals surface area contributed by atoms with Gasteiger partial charge < -0.3 is 0 Å². The molecular formula is C11H6Cl2FN. The van der Waals surface area contributed by atoms with Gasteiger partial charge in [-0.25, -0.2) is 4.39 Å². The number of halogens is 3. The Bertz CT molecular complexity index is 479. The third kappa shape index (κ3) is 2.46. The fourth-order valence-electron chi connectivity index (χ4n) is 1.26. The lowest BCUT2D eigenvalue weighted by molar-refractivity contribution is 0.628. The van der Waals surface area contributed by atoms with Crippen molar-refractivity contribution in [3.63, 3.8) is 0 Å². The summed E-state index contributed by atoms with van der Waals surface area (Å²) < 4.78 is 13.1. The third-order valence-electron chi connectivity index (χ3n) is 1.88. The zero-order valence-corrected chi connectivity index (χ0v) is 9.06. The predicted octanol–water partition coefficient (Wildman–Crippen LogP) is 4.19. The molecule has 76 valence electrons. The number of hydrogen-bond donors (Lipinski definition) is 0. The molecule has 2 aromatic rings.